The Bertz CT molecular complexity index is 3660. The van der Waals surface area contributed by atoms with Gasteiger partial charge in [0.15, 0.2) is 11.5 Å². The lowest BCUT2D eigenvalue weighted by Gasteiger charge is -2.40. The number of nitrogens with two attached hydrogens (primary N) is 4. The molecule has 8 aromatic rings. The van der Waals surface area contributed by atoms with Crippen LogP contribution in [0.2, 0.25) is 0 Å². The van der Waals surface area contributed by atoms with Gasteiger partial charge in [0.25, 0.3) is 0 Å². The molecule has 8 N–H and O–H groups in total. The lowest BCUT2D eigenvalue weighted by Crippen LogP contribution is -2.55. The van der Waals surface area contributed by atoms with Crippen molar-refractivity contribution in [1.29, 1.82) is 0 Å². The number of benzene rings is 8. The molecule has 0 amide bonds. The van der Waals surface area contributed by atoms with E-state index < -0.39 is 152 Å². The Kier molecular flexibility index (Phi) is 19.2. The van der Waals surface area contributed by atoms with Gasteiger partial charge in [-0.2, -0.15) is 105 Å². The molecule has 8 rings (SSSR count). The van der Waals surface area contributed by atoms with Crippen LogP contribution in [-0.4, -0.2) is 24.7 Å². The molecule has 0 fully saturated rings. The number of aryl methyl sites for hydroxylation is 4. The van der Waals surface area contributed by atoms with Crippen LogP contribution in [0.15, 0.2) is 146 Å². The van der Waals surface area contributed by atoms with Crippen LogP contribution < -0.4 is 41.9 Å². The predicted molar refractivity (Wildman–Crippen MR) is 294 cm³/mol. The maximum absolute atomic E-state index is 15.0. The Hall–Kier alpha value is -9.52. The highest BCUT2D eigenvalue weighted by Crippen LogP contribution is 2.62. The van der Waals surface area contributed by atoms with Crippen LogP contribution in [0.25, 0.3) is 0 Å². The van der Waals surface area contributed by atoms with E-state index in [-0.39, 0.29) is 45.1 Å². The first-order valence-corrected chi connectivity index (χ1v) is 26.2. The van der Waals surface area contributed by atoms with E-state index in [1.165, 1.54) is 27.7 Å². The van der Waals surface area contributed by atoms with Crippen molar-refractivity contribution in [1.82, 2.24) is 0 Å². The zero-order chi connectivity index (χ0) is 70.7. The molecule has 504 valence electrons. The molecule has 0 unspecified atom stereocenters. The highest BCUT2D eigenvalue weighted by atomic mass is 19.4. The van der Waals surface area contributed by atoms with Gasteiger partial charge in [0.2, 0.25) is 10.8 Å². The number of nitrogen functional groups attached to an aromatic ring is 4. The quantitative estimate of drug-likeness (QED) is 0.0700. The second-order valence-corrected chi connectivity index (χ2v) is 20.8. The van der Waals surface area contributed by atoms with E-state index in [1.54, 1.807) is 48.5 Å². The maximum Gasteiger partial charge on any atom is 0.420 e. The molecule has 0 aliphatic rings. The van der Waals surface area contributed by atoms with E-state index in [9.17, 15) is 105 Å². The Morgan fingerprint density at radius 3 is 0.553 bits per heavy atom. The second kappa shape index (κ2) is 25.1. The number of anilines is 4. The Morgan fingerprint density at radius 1 is 0.234 bits per heavy atom. The zero-order valence-corrected chi connectivity index (χ0v) is 47.9. The molecule has 32 heteroatoms. The van der Waals surface area contributed by atoms with Gasteiger partial charge in [0.05, 0.1) is 22.3 Å². The largest absolute Gasteiger partial charge is 0.457 e. The van der Waals surface area contributed by atoms with Crippen LogP contribution in [0.4, 0.5) is 128 Å². The normalized spacial score (nSPS) is 13.1. The molecule has 0 saturated carbocycles. The van der Waals surface area contributed by atoms with Crippen LogP contribution in [0.3, 0.4) is 0 Å². The molecule has 0 spiro atoms. The summed E-state index contributed by atoms with van der Waals surface area (Å²) in [5.41, 5.74) is -7.73. The highest BCUT2D eigenvalue weighted by molar-refractivity contribution is 5.61. The minimum atomic E-state index is -7.32. The zero-order valence-electron chi connectivity index (χ0n) is 47.9. The molecule has 0 aliphatic heterocycles. The van der Waals surface area contributed by atoms with Gasteiger partial charge >= 0.3 is 49.4 Å². The fourth-order valence-electron chi connectivity index (χ4n) is 9.99. The van der Waals surface area contributed by atoms with Gasteiger partial charge in [0.1, 0.15) is 34.5 Å². The summed E-state index contributed by atoms with van der Waals surface area (Å²) in [7, 11) is 0. The molecular weight excluding hydrogens is 1320 g/mol. The van der Waals surface area contributed by atoms with Crippen LogP contribution in [0.1, 0.15) is 66.8 Å². The third-order valence-electron chi connectivity index (χ3n) is 14.2. The van der Waals surface area contributed by atoms with E-state index >= 15 is 0 Å². The summed E-state index contributed by atoms with van der Waals surface area (Å²) in [5.74, 6) is -5.71. The molecule has 8 nitrogen and oxygen atoms in total. The summed E-state index contributed by atoms with van der Waals surface area (Å²) >= 11 is 0. The van der Waals surface area contributed by atoms with E-state index in [2.05, 4.69) is 9.47 Å². The molecule has 94 heavy (non-hydrogen) atoms. The molecular formula is C62H44F24N4O4. The van der Waals surface area contributed by atoms with E-state index in [0.29, 0.717) is 47.1 Å². The minimum Gasteiger partial charge on any atom is -0.457 e. The van der Waals surface area contributed by atoms with Crippen molar-refractivity contribution in [2.75, 3.05) is 22.9 Å². The smallest absolute Gasteiger partial charge is 0.420 e. The number of halogens is 24. The number of hydrogen-bond acceptors (Lipinski definition) is 8. The number of hydrogen-bond donors (Lipinski definition) is 4. The first kappa shape index (κ1) is 71.9. The molecule has 0 bridgehead atoms. The molecule has 8 aromatic carbocycles. The van der Waals surface area contributed by atoms with Gasteiger partial charge in [-0.3, -0.25) is 0 Å². The third-order valence-corrected chi connectivity index (χ3v) is 14.2. The molecule has 0 aromatic heterocycles. The van der Waals surface area contributed by atoms with E-state index in [4.69, 9.17) is 32.4 Å². The van der Waals surface area contributed by atoms with Crippen molar-refractivity contribution in [3.63, 3.8) is 0 Å². The number of ether oxygens (including phenoxy) is 4. The predicted octanol–water partition coefficient (Wildman–Crippen LogP) is 21.0. The van der Waals surface area contributed by atoms with Gasteiger partial charge in [-0.25, -0.2) is 0 Å². The second-order valence-electron chi connectivity index (χ2n) is 20.8. The summed E-state index contributed by atoms with van der Waals surface area (Å²) in [6.07, 6.45) is -51.4. The Morgan fingerprint density at radius 2 is 0.394 bits per heavy atom. The SMILES string of the molecule is Cc1cc(C(c2cc(C)c(Oc3ccc(N)cc3)c(C)c2)(C(F)(F)F)C(F)(F)F)cc(C)c1Oc1ccc(N)cc1.Nc1ccc(Oc2c(C(F)(F)F)cc(C(c3cc(C(F)(F)F)c(Oc4ccc(N)cc4)c(C(F)(F)F)c3)(C(F)(F)F)C(F)(F)F)cc2C(F)(F)F)cc1. The van der Waals surface area contributed by atoms with Crippen molar-refractivity contribution in [3.05, 3.63) is 212 Å². The lowest BCUT2D eigenvalue weighted by molar-refractivity contribution is -0.290. The third kappa shape index (κ3) is 14.5. The van der Waals surface area contributed by atoms with Gasteiger partial charge < -0.3 is 41.9 Å². The summed E-state index contributed by atoms with van der Waals surface area (Å²) in [6, 6.07) is 17.4. The summed E-state index contributed by atoms with van der Waals surface area (Å²) in [4.78, 5) is 0. The van der Waals surface area contributed by atoms with Gasteiger partial charge in [-0.05, 0) is 194 Å². The van der Waals surface area contributed by atoms with Crippen molar-refractivity contribution >= 4 is 22.7 Å². The first-order chi connectivity index (χ1) is 42.9. The van der Waals surface area contributed by atoms with Gasteiger partial charge in [-0.15, -0.1) is 0 Å². The summed E-state index contributed by atoms with van der Waals surface area (Å²) < 4.78 is 372. The fourth-order valence-corrected chi connectivity index (χ4v) is 9.99. The standard InChI is InChI=1S/C31H16F18N2O2.C31H28F6N2O2/c32-26(33,34)19-9-13(10-20(27(35,36)37)23(19)52-17-5-1-15(50)2-6-17)25(30(44,45)46,31(47,48)49)14-11-21(28(38,39)40)24(22(12-14)29(41,42)43)53-18-7-3-16(51)4-8-18;1-17-13-21(14-18(2)27(17)40-25-9-5-23(38)6-10-25)29(30(32,33)34,31(35,36)37)22-15-19(3)28(20(4)16-22)41-26-11-7-24(39)8-12-26/h1-12H,50-51H2;5-16H,38-39H2,1-4H3. The van der Waals surface area contributed by atoms with E-state index in [1.807, 2.05) is 0 Å². The molecule has 0 atom stereocenters. The Labute approximate surface area is 515 Å². The average molecular weight is 1370 g/mol. The minimum absolute atomic E-state index is 0.103. The van der Waals surface area contributed by atoms with Gasteiger partial charge in [-0.1, -0.05) is 24.3 Å². The summed E-state index contributed by atoms with van der Waals surface area (Å²) in [6.45, 7) is 5.61. The molecule has 0 aliphatic carbocycles. The average Bonchev–Trinajstić information content (AvgIpc) is 0.709. The molecule has 0 radical (unpaired) electrons. The van der Waals surface area contributed by atoms with Crippen LogP contribution >= 0.6 is 0 Å². The Balaban J connectivity index is 0.000000275. The van der Waals surface area contributed by atoms with Crippen molar-refractivity contribution in [2.24, 2.45) is 0 Å². The van der Waals surface area contributed by atoms with E-state index in [0.717, 1.165) is 48.5 Å². The first-order valence-electron chi connectivity index (χ1n) is 26.2. The van der Waals surface area contributed by atoms with Crippen molar-refractivity contribution < 1.29 is 124 Å². The van der Waals surface area contributed by atoms with Gasteiger partial charge in [0, 0.05) is 22.7 Å². The monoisotopic (exact) mass is 1360 g/mol. The fraction of sp³-hybridized carbons (Fsp3) is 0.226. The topological polar surface area (TPSA) is 141 Å². The molecule has 0 saturated heterocycles. The maximum atomic E-state index is 15.0. The van der Waals surface area contributed by atoms with Crippen molar-refractivity contribution in [3.8, 4) is 46.0 Å². The molecule has 0 heterocycles. The lowest BCUT2D eigenvalue weighted by atomic mass is 9.71. The van der Waals surface area contributed by atoms with Crippen molar-refractivity contribution in [2.45, 2.75) is 87.9 Å². The number of alkyl halides is 24. The summed E-state index contributed by atoms with van der Waals surface area (Å²) in [5, 5.41) is 0. The number of rotatable bonds is 12. The van der Waals surface area contributed by atoms with Crippen LogP contribution in [-0.2, 0) is 35.5 Å². The van der Waals surface area contributed by atoms with Crippen LogP contribution in [0.5, 0.6) is 46.0 Å². The highest BCUT2D eigenvalue weighted by Gasteiger charge is 2.75. The van der Waals surface area contributed by atoms with Crippen LogP contribution in [0, 0.1) is 27.7 Å².